The minimum atomic E-state index is -0.905. The number of thiazole rings is 1. The van der Waals surface area contributed by atoms with Gasteiger partial charge < -0.3 is 15.8 Å². The first kappa shape index (κ1) is 25.1. The zero-order chi connectivity index (χ0) is 24.9. The summed E-state index contributed by atoms with van der Waals surface area (Å²) in [6, 6.07) is 10.3. The predicted octanol–water partition coefficient (Wildman–Crippen LogP) is 5.62. The van der Waals surface area contributed by atoms with Crippen molar-refractivity contribution in [2.24, 2.45) is 0 Å². The van der Waals surface area contributed by atoms with Crippen molar-refractivity contribution in [3.63, 3.8) is 0 Å². The summed E-state index contributed by atoms with van der Waals surface area (Å²) in [6.45, 7) is 0.897. The Labute approximate surface area is 208 Å². The number of methoxy groups -OCH3 is 1. The number of hydrogen-bond donors (Lipinski definition) is 2. The van der Waals surface area contributed by atoms with E-state index in [2.05, 4.69) is 10.3 Å². The molecule has 6 nitrogen and oxygen atoms in total. The molecular formula is C26H30F2N4O2S. The summed E-state index contributed by atoms with van der Waals surface area (Å²) in [5, 5.41) is 3.82. The number of carbonyl (C=O) groups is 1. The van der Waals surface area contributed by atoms with E-state index in [0.717, 1.165) is 48.3 Å². The number of benzene rings is 2. The number of nitrogens with one attached hydrogen (secondary N) is 1. The number of halogens is 2. The SMILES string of the molecule is COc1ccc(CN(C)Cc2cc(F)c(C(=O)c3sc(NC4CCCCC4)nc3N)c(F)c2)cc1. The molecule has 1 fully saturated rings. The van der Waals surface area contributed by atoms with Gasteiger partial charge in [0.05, 0.1) is 12.7 Å². The van der Waals surface area contributed by atoms with Crippen LogP contribution in [-0.2, 0) is 13.1 Å². The van der Waals surface area contributed by atoms with Crippen LogP contribution in [0.4, 0.5) is 19.7 Å². The smallest absolute Gasteiger partial charge is 0.212 e. The van der Waals surface area contributed by atoms with Gasteiger partial charge in [0.15, 0.2) is 5.13 Å². The third-order valence-electron chi connectivity index (χ3n) is 6.19. The monoisotopic (exact) mass is 500 g/mol. The van der Waals surface area contributed by atoms with Crippen LogP contribution in [0.2, 0.25) is 0 Å². The number of aromatic nitrogens is 1. The normalized spacial score (nSPS) is 14.3. The lowest BCUT2D eigenvalue weighted by molar-refractivity contribution is 0.103. The van der Waals surface area contributed by atoms with Crippen molar-refractivity contribution in [3.05, 3.63) is 69.6 Å². The van der Waals surface area contributed by atoms with E-state index in [9.17, 15) is 13.6 Å². The second kappa shape index (κ2) is 11.1. The second-order valence-electron chi connectivity index (χ2n) is 9.00. The molecule has 35 heavy (non-hydrogen) atoms. The largest absolute Gasteiger partial charge is 0.497 e. The predicted molar refractivity (Wildman–Crippen MR) is 135 cm³/mol. The van der Waals surface area contributed by atoms with Crippen LogP contribution < -0.4 is 15.8 Å². The van der Waals surface area contributed by atoms with Gasteiger partial charge in [-0.1, -0.05) is 42.7 Å². The van der Waals surface area contributed by atoms with E-state index in [1.165, 1.54) is 18.6 Å². The van der Waals surface area contributed by atoms with Crippen molar-refractivity contribution in [1.82, 2.24) is 9.88 Å². The molecule has 0 bridgehead atoms. The number of nitrogens with two attached hydrogens (primary N) is 1. The Morgan fingerprint density at radius 2 is 1.74 bits per heavy atom. The van der Waals surface area contributed by atoms with E-state index >= 15 is 0 Å². The molecule has 2 aromatic carbocycles. The standard InChI is InChI=1S/C26H30F2N4O2S/c1-32(14-16-8-10-19(34-2)11-9-16)15-17-12-20(27)22(21(28)13-17)23(33)24-25(29)31-26(35-24)30-18-6-4-3-5-7-18/h8-13,18H,3-7,14-15,29H2,1-2H3,(H,30,31). The topological polar surface area (TPSA) is 80.5 Å². The van der Waals surface area contributed by atoms with Crippen LogP contribution in [0, 0.1) is 11.6 Å². The first-order valence-electron chi connectivity index (χ1n) is 11.7. The summed E-state index contributed by atoms with van der Waals surface area (Å²) in [4.78, 5) is 19.2. The van der Waals surface area contributed by atoms with Gasteiger partial charge in [-0.05, 0) is 55.3 Å². The van der Waals surface area contributed by atoms with E-state index in [4.69, 9.17) is 10.5 Å². The summed E-state index contributed by atoms with van der Waals surface area (Å²) >= 11 is 1.04. The van der Waals surface area contributed by atoms with Gasteiger partial charge in [-0.15, -0.1) is 0 Å². The summed E-state index contributed by atoms with van der Waals surface area (Å²) < 4.78 is 35.1. The Balaban J connectivity index is 1.45. The average molecular weight is 501 g/mol. The van der Waals surface area contributed by atoms with Gasteiger partial charge in [0.25, 0.3) is 0 Å². The molecule has 3 aromatic rings. The molecule has 1 aliphatic rings. The molecule has 0 unspecified atom stereocenters. The lowest BCUT2D eigenvalue weighted by atomic mass is 9.96. The van der Waals surface area contributed by atoms with Crippen LogP contribution in [-0.4, -0.2) is 35.9 Å². The molecule has 0 saturated heterocycles. The fraction of sp³-hybridized carbons (Fsp3) is 0.385. The fourth-order valence-corrected chi connectivity index (χ4v) is 5.34. The van der Waals surface area contributed by atoms with Crippen LogP contribution in [0.3, 0.4) is 0 Å². The van der Waals surface area contributed by atoms with Gasteiger partial charge in [-0.3, -0.25) is 9.69 Å². The number of ketones is 1. The number of anilines is 2. The van der Waals surface area contributed by atoms with E-state index in [1.807, 2.05) is 36.2 Å². The first-order valence-corrected chi connectivity index (χ1v) is 12.5. The van der Waals surface area contributed by atoms with E-state index < -0.39 is 23.0 Å². The highest BCUT2D eigenvalue weighted by molar-refractivity contribution is 7.18. The molecule has 1 aliphatic carbocycles. The van der Waals surface area contributed by atoms with Gasteiger partial charge in [0, 0.05) is 19.1 Å². The number of hydrogen-bond acceptors (Lipinski definition) is 7. The first-order chi connectivity index (χ1) is 16.8. The van der Waals surface area contributed by atoms with Gasteiger partial charge in [0.1, 0.15) is 28.1 Å². The number of carbonyl (C=O) groups excluding carboxylic acids is 1. The van der Waals surface area contributed by atoms with Crippen molar-refractivity contribution in [2.75, 3.05) is 25.2 Å². The molecular weight excluding hydrogens is 470 g/mol. The molecule has 3 N–H and O–H groups in total. The van der Waals surface area contributed by atoms with Gasteiger partial charge in [0.2, 0.25) is 5.78 Å². The van der Waals surface area contributed by atoms with Gasteiger partial charge >= 0.3 is 0 Å². The molecule has 1 saturated carbocycles. The Morgan fingerprint density at radius 3 is 2.37 bits per heavy atom. The molecule has 186 valence electrons. The second-order valence-corrected chi connectivity index (χ2v) is 10.00. The third kappa shape index (κ3) is 6.15. The highest BCUT2D eigenvalue weighted by atomic mass is 32.1. The van der Waals surface area contributed by atoms with E-state index in [-0.39, 0.29) is 16.7 Å². The summed E-state index contributed by atoms with van der Waals surface area (Å²) in [6.07, 6.45) is 5.55. The highest BCUT2D eigenvalue weighted by Crippen LogP contribution is 2.31. The molecule has 1 heterocycles. The van der Waals surface area contributed by atoms with Crippen LogP contribution in [0.1, 0.15) is 58.5 Å². The molecule has 1 aromatic heterocycles. The maximum Gasteiger partial charge on any atom is 0.212 e. The average Bonchev–Trinajstić information content (AvgIpc) is 3.19. The quantitative estimate of drug-likeness (QED) is 0.371. The zero-order valence-corrected chi connectivity index (χ0v) is 20.8. The summed E-state index contributed by atoms with van der Waals surface area (Å²) in [7, 11) is 3.47. The Bertz CT molecular complexity index is 1150. The maximum atomic E-state index is 15.0. The summed E-state index contributed by atoms with van der Waals surface area (Å²) in [5.74, 6) is -1.85. The molecule has 0 radical (unpaired) electrons. The zero-order valence-electron chi connectivity index (χ0n) is 19.9. The molecule has 0 spiro atoms. The Hall–Kier alpha value is -3.04. The van der Waals surface area contributed by atoms with Crippen LogP contribution >= 0.6 is 11.3 Å². The van der Waals surface area contributed by atoms with Crippen molar-refractivity contribution in [1.29, 1.82) is 0 Å². The number of rotatable bonds is 9. The minimum absolute atomic E-state index is 0.0135. The number of ether oxygens (including phenoxy) is 1. The Morgan fingerprint density at radius 1 is 1.11 bits per heavy atom. The van der Waals surface area contributed by atoms with Crippen molar-refractivity contribution >= 4 is 28.1 Å². The molecule has 0 atom stereocenters. The summed E-state index contributed by atoms with van der Waals surface area (Å²) in [5.41, 5.74) is 6.82. The van der Waals surface area contributed by atoms with Crippen molar-refractivity contribution in [2.45, 2.75) is 51.2 Å². The highest BCUT2D eigenvalue weighted by Gasteiger charge is 2.26. The maximum absolute atomic E-state index is 15.0. The minimum Gasteiger partial charge on any atom is -0.497 e. The van der Waals surface area contributed by atoms with Crippen molar-refractivity contribution in [3.8, 4) is 5.75 Å². The molecule has 9 heteroatoms. The van der Waals surface area contributed by atoms with Crippen LogP contribution in [0.15, 0.2) is 36.4 Å². The van der Waals surface area contributed by atoms with E-state index in [0.29, 0.717) is 23.8 Å². The number of nitrogen functional groups attached to an aromatic ring is 1. The van der Waals surface area contributed by atoms with E-state index in [1.54, 1.807) is 7.11 Å². The molecule has 0 aliphatic heterocycles. The third-order valence-corrected chi connectivity index (χ3v) is 7.19. The lowest BCUT2D eigenvalue weighted by Gasteiger charge is -2.22. The Kier molecular flexibility index (Phi) is 7.97. The van der Waals surface area contributed by atoms with Crippen LogP contribution in [0.5, 0.6) is 5.75 Å². The van der Waals surface area contributed by atoms with Crippen molar-refractivity contribution < 1.29 is 18.3 Å². The molecule has 4 rings (SSSR count). The molecule has 0 amide bonds. The van der Waals surface area contributed by atoms with Crippen LogP contribution in [0.25, 0.3) is 0 Å². The fourth-order valence-electron chi connectivity index (χ4n) is 4.44. The lowest BCUT2D eigenvalue weighted by Crippen LogP contribution is -2.22. The van der Waals surface area contributed by atoms with Gasteiger partial charge in [-0.25, -0.2) is 13.8 Å². The number of nitrogens with zero attached hydrogens (tertiary/aromatic N) is 2. The van der Waals surface area contributed by atoms with Gasteiger partial charge in [-0.2, -0.15) is 0 Å².